The molecule has 0 bridgehead atoms. The molecule has 0 aliphatic rings. The average molecular weight is 415 g/mol. The molecule has 4 nitrogen and oxygen atoms in total. The summed E-state index contributed by atoms with van der Waals surface area (Å²) in [4.78, 5) is 24.3. The summed E-state index contributed by atoms with van der Waals surface area (Å²) < 4.78 is 5.19. The highest BCUT2D eigenvalue weighted by Crippen LogP contribution is 2.26. The average Bonchev–Trinajstić information content (AvgIpc) is 2.56. The van der Waals surface area contributed by atoms with Gasteiger partial charge in [-0.25, -0.2) is 0 Å². The molecule has 0 fully saturated rings. The molecule has 0 unspecified atom stereocenters. The van der Waals surface area contributed by atoms with Crippen LogP contribution >= 0.6 is 34.8 Å². The van der Waals surface area contributed by atoms with Crippen molar-refractivity contribution in [1.82, 2.24) is 5.32 Å². The molecule has 7 heteroatoms. The van der Waals surface area contributed by atoms with Gasteiger partial charge in [-0.05, 0) is 49.2 Å². The summed E-state index contributed by atoms with van der Waals surface area (Å²) in [7, 11) is 0. The molecular weight excluding hydrogens is 397 g/mol. The van der Waals surface area contributed by atoms with E-state index >= 15 is 0 Å². The normalized spacial score (nSPS) is 13.0. The van der Waals surface area contributed by atoms with Crippen molar-refractivity contribution in [2.24, 2.45) is 0 Å². The monoisotopic (exact) mass is 413 g/mol. The number of esters is 1. The van der Waals surface area contributed by atoms with E-state index in [-0.39, 0.29) is 12.5 Å². The number of benzene rings is 2. The number of hydrogen-bond donors (Lipinski definition) is 1. The largest absolute Gasteiger partial charge is 0.452 e. The van der Waals surface area contributed by atoms with Crippen LogP contribution in [0.1, 0.15) is 31.0 Å². The van der Waals surface area contributed by atoms with Gasteiger partial charge in [-0.3, -0.25) is 9.59 Å². The van der Waals surface area contributed by atoms with Crippen LogP contribution in [0.3, 0.4) is 0 Å². The first-order valence-electron chi connectivity index (χ1n) is 7.95. The number of carbonyl (C=O) groups excluding carboxylic acids is 2. The van der Waals surface area contributed by atoms with Crippen LogP contribution in [-0.2, 0) is 20.7 Å². The third-order valence-electron chi connectivity index (χ3n) is 3.73. The second-order valence-electron chi connectivity index (χ2n) is 5.83. The number of halogens is 3. The Bertz CT molecular complexity index is 793. The van der Waals surface area contributed by atoms with Crippen LogP contribution in [0.2, 0.25) is 15.1 Å². The van der Waals surface area contributed by atoms with Gasteiger partial charge >= 0.3 is 5.97 Å². The van der Waals surface area contributed by atoms with Gasteiger partial charge in [0.2, 0.25) is 0 Å². The summed E-state index contributed by atoms with van der Waals surface area (Å²) >= 11 is 17.8. The molecule has 0 saturated carbocycles. The predicted molar refractivity (Wildman–Crippen MR) is 104 cm³/mol. The molecule has 1 N–H and O–H groups in total. The molecule has 2 atom stereocenters. The predicted octanol–water partition coefficient (Wildman–Crippen LogP) is 5.00. The molecule has 0 saturated heterocycles. The van der Waals surface area contributed by atoms with Crippen LogP contribution in [0.25, 0.3) is 0 Å². The first kappa shape index (κ1) is 20.6. The molecule has 0 aliphatic heterocycles. The van der Waals surface area contributed by atoms with Gasteiger partial charge in [0.15, 0.2) is 6.10 Å². The van der Waals surface area contributed by atoms with Gasteiger partial charge in [0.05, 0.1) is 12.5 Å². The first-order chi connectivity index (χ1) is 12.3. The summed E-state index contributed by atoms with van der Waals surface area (Å²) in [6, 6.07) is 11.5. The Hall–Kier alpha value is -1.75. The van der Waals surface area contributed by atoms with Crippen molar-refractivity contribution in [1.29, 1.82) is 0 Å². The Morgan fingerprint density at radius 1 is 1.00 bits per heavy atom. The SMILES string of the molecule is C[C@H](OC(=O)Cc1ccc(Cl)cc1)C(=O)N[C@H](C)c1ccc(Cl)cc1Cl. The minimum Gasteiger partial charge on any atom is -0.452 e. The highest BCUT2D eigenvalue weighted by molar-refractivity contribution is 6.35. The summed E-state index contributed by atoms with van der Waals surface area (Å²) in [5, 5.41) is 4.33. The Morgan fingerprint density at radius 2 is 1.62 bits per heavy atom. The number of rotatable bonds is 6. The molecule has 2 aromatic rings. The summed E-state index contributed by atoms with van der Waals surface area (Å²) in [6.45, 7) is 3.31. The lowest BCUT2D eigenvalue weighted by Crippen LogP contribution is -2.37. The molecule has 2 aromatic carbocycles. The van der Waals surface area contributed by atoms with E-state index < -0.39 is 18.0 Å². The highest BCUT2D eigenvalue weighted by Gasteiger charge is 2.21. The van der Waals surface area contributed by atoms with Crippen LogP contribution in [0, 0.1) is 0 Å². The Kier molecular flexibility index (Phi) is 7.33. The standard InChI is InChI=1S/C19H18Cl3NO3/c1-11(16-8-7-15(21)10-17(16)22)23-19(25)12(2)26-18(24)9-13-3-5-14(20)6-4-13/h3-8,10-12H,9H2,1-2H3,(H,23,25)/t11-,12+/m1/s1. The van der Waals surface area contributed by atoms with Gasteiger partial charge in [0.25, 0.3) is 5.91 Å². The molecule has 1 amide bonds. The number of nitrogens with one attached hydrogen (secondary N) is 1. The molecule has 0 heterocycles. The van der Waals surface area contributed by atoms with E-state index in [1.807, 2.05) is 0 Å². The van der Waals surface area contributed by atoms with E-state index in [1.54, 1.807) is 49.4 Å². The molecule has 0 radical (unpaired) electrons. The molecule has 138 valence electrons. The maximum Gasteiger partial charge on any atom is 0.311 e. The molecule has 2 rings (SSSR count). The van der Waals surface area contributed by atoms with Crippen molar-refractivity contribution >= 4 is 46.7 Å². The quantitative estimate of drug-likeness (QED) is 0.677. The molecular formula is C19H18Cl3NO3. The van der Waals surface area contributed by atoms with Gasteiger partial charge in [-0.15, -0.1) is 0 Å². The fourth-order valence-corrected chi connectivity index (χ4v) is 3.02. The van der Waals surface area contributed by atoms with Gasteiger partial charge < -0.3 is 10.1 Å². The smallest absolute Gasteiger partial charge is 0.311 e. The molecule has 0 spiro atoms. The van der Waals surface area contributed by atoms with Crippen LogP contribution < -0.4 is 5.32 Å². The summed E-state index contributed by atoms with van der Waals surface area (Å²) in [5.74, 6) is -0.903. The topological polar surface area (TPSA) is 55.4 Å². The number of amides is 1. The summed E-state index contributed by atoms with van der Waals surface area (Å²) in [6.07, 6.45) is -0.865. The van der Waals surface area contributed by atoms with Gasteiger partial charge in [0, 0.05) is 15.1 Å². The fraction of sp³-hybridized carbons (Fsp3) is 0.263. The maximum absolute atomic E-state index is 12.3. The molecule has 26 heavy (non-hydrogen) atoms. The Balaban J connectivity index is 1.90. The molecule has 0 aromatic heterocycles. The van der Waals surface area contributed by atoms with Crippen LogP contribution in [-0.4, -0.2) is 18.0 Å². The van der Waals surface area contributed by atoms with Crippen molar-refractivity contribution in [2.45, 2.75) is 32.4 Å². The Labute approximate surface area is 167 Å². The van der Waals surface area contributed by atoms with Crippen molar-refractivity contribution < 1.29 is 14.3 Å². The van der Waals surface area contributed by atoms with E-state index in [0.717, 1.165) is 11.1 Å². The summed E-state index contributed by atoms with van der Waals surface area (Å²) in [5.41, 5.74) is 1.48. The van der Waals surface area contributed by atoms with Gasteiger partial charge in [-0.1, -0.05) is 53.0 Å². The number of carbonyl (C=O) groups is 2. The maximum atomic E-state index is 12.3. The first-order valence-corrected chi connectivity index (χ1v) is 9.09. The minimum atomic E-state index is -0.927. The van der Waals surface area contributed by atoms with Crippen LogP contribution in [0.5, 0.6) is 0 Å². The second-order valence-corrected chi connectivity index (χ2v) is 7.11. The van der Waals surface area contributed by atoms with E-state index in [4.69, 9.17) is 39.5 Å². The van der Waals surface area contributed by atoms with Crippen LogP contribution in [0.15, 0.2) is 42.5 Å². The lowest BCUT2D eigenvalue weighted by atomic mass is 10.1. The second kappa shape index (κ2) is 9.26. The zero-order chi connectivity index (χ0) is 19.3. The van der Waals surface area contributed by atoms with E-state index in [9.17, 15) is 9.59 Å². The third kappa shape index (κ3) is 5.90. The Morgan fingerprint density at radius 3 is 2.23 bits per heavy atom. The van der Waals surface area contributed by atoms with Gasteiger partial charge in [0.1, 0.15) is 0 Å². The van der Waals surface area contributed by atoms with Crippen molar-refractivity contribution in [3.63, 3.8) is 0 Å². The zero-order valence-corrected chi connectivity index (χ0v) is 16.5. The van der Waals surface area contributed by atoms with Crippen molar-refractivity contribution in [3.8, 4) is 0 Å². The van der Waals surface area contributed by atoms with E-state index in [1.165, 1.54) is 6.92 Å². The number of hydrogen-bond acceptors (Lipinski definition) is 3. The van der Waals surface area contributed by atoms with Crippen molar-refractivity contribution in [2.75, 3.05) is 0 Å². The lowest BCUT2D eigenvalue weighted by Gasteiger charge is -2.19. The van der Waals surface area contributed by atoms with Crippen molar-refractivity contribution in [3.05, 3.63) is 68.7 Å². The highest BCUT2D eigenvalue weighted by atomic mass is 35.5. The van der Waals surface area contributed by atoms with Gasteiger partial charge in [-0.2, -0.15) is 0 Å². The van der Waals surface area contributed by atoms with E-state index in [0.29, 0.717) is 15.1 Å². The molecule has 0 aliphatic carbocycles. The minimum absolute atomic E-state index is 0.0629. The lowest BCUT2D eigenvalue weighted by molar-refractivity contribution is -0.154. The van der Waals surface area contributed by atoms with Crippen LogP contribution in [0.4, 0.5) is 0 Å². The van der Waals surface area contributed by atoms with E-state index in [2.05, 4.69) is 5.32 Å². The third-order valence-corrected chi connectivity index (χ3v) is 4.54. The fourth-order valence-electron chi connectivity index (χ4n) is 2.32. The zero-order valence-electron chi connectivity index (χ0n) is 14.3. The number of ether oxygens (including phenoxy) is 1.